The highest BCUT2D eigenvalue weighted by Crippen LogP contribution is 2.24. The molecule has 1 aliphatic heterocycles. The molecule has 0 spiro atoms. The van der Waals surface area contributed by atoms with Gasteiger partial charge in [0, 0.05) is 17.2 Å². The number of benzene rings is 1. The summed E-state index contributed by atoms with van der Waals surface area (Å²) in [6, 6.07) is 7.55. The predicted octanol–water partition coefficient (Wildman–Crippen LogP) is 1.76. The van der Waals surface area contributed by atoms with Gasteiger partial charge in [-0.3, -0.25) is 0 Å². The van der Waals surface area contributed by atoms with Gasteiger partial charge in [0.25, 0.3) is 0 Å². The normalized spacial score (nSPS) is 17.0. The minimum atomic E-state index is 0.415. The van der Waals surface area contributed by atoms with Crippen LogP contribution in [0.15, 0.2) is 24.3 Å². The van der Waals surface area contributed by atoms with E-state index in [1.807, 2.05) is 36.0 Å². The first kappa shape index (κ1) is 7.80. The Labute approximate surface area is 76.1 Å². The Hall–Kier alpha value is -0.830. The van der Waals surface area contributed by atoms with E-state index in [4.69, 9.17) is 10.5 Å². The van der Waals surface area contributed by atoms with E-state index in [2.05, 4.69) is 0 Å². The van der Waals surface area contributed by atoms with Crippen molar-refractivity contribution in [3.05, 3.63) is 24.3 Å². The highest BCUT2D eigenvalue weighted by Gasteiger charge is 2.19. The van der Waals surface area contributed by atoms with Gasteiger partial charge in [-0.15, -0.1) is 0 Å². The summed E-state index contributed by atoms with van der Waals surface area (Å²) >= 11 is 1.92. The molecule has 1 aromatic carbocycles. The minimum absolute atomic E-state index is 0.415. The summed E-state index contributed by atoms with van der Waals surface area (Å²) in [7, 11) is 0. The van der Waals surface area contributed by atoms with Crippen LogP contribution in [-0.2, 0) is 0 Å². The molecule has 1 aliphatic rings. The highest BCUT2D eigenvalue weighted by atomic mass is 32.2. The van der Waals surface area contributed by atoms with Crippen LogP contribution in [0.3, 0.4) is 0 Å². The Morgan fingerprint density at radius 2 is 1.92 bits per heavy atom. The highest BCUT2D eigenvalue weighted by molar-refractivity contribution is 8.00. The van der Waals surface area contributed by atoms with Gasteiger partial charge in [-0.1, -0.05) is 0 Å². The standard InChI is InChI=1S/C9H11NOS/c10-7-1-3-8(4-2-7)11-9-5-12-6-9/h1-4,9H,5-6,10H2. The summed E-state index contributed by atoms with van der Waals surface area (Å²) in [5.74, 6) is 3.16. The van der Waals surface area contributed by atoms with Crippen molar-refractivity contribution in [1.82, 2.24) is 0 Å². The van der Waals surface area contributed by atoms with Crippen LogP contribution in [0, 0.1) is 0 Å². The molecule has 1 heterocycles. The minimum Gasteiger partial charge on any atom is -0.489 e. The molecule has 0 saturated carbocycles. The van der Waals surface area contributed by atoms with Crippen molar-refractivity contribution < 1.29 is 4.74 Å². The van der Waals surface area contributed by atoms with Crippen molar-refractivity contribution in [1.29, 1.82) is 0 Å². The van der Waals surface area contributed by atoms with Crippen molar-refractivity contribution >= 4 is 17.4 Å². The molecule has 0 bridgehead atoms. The lowest BCUT2D eigenvalue weighted by molar-refractivity contribution is 0.240. The topological polar surface area (TPSA) is 35.2 Å². The molecule has 12 heavy (non-hydrogen) atoms. The summed E-state index contributed by atoms with van der Waals surface area (Å²) in [6.07, 6.45) is 0.415. The SMILES string of the molecule is Nc1ccc(OC2CSC2)cc1. The first-order valence-electron chi connectivity index (χ1n) is 3.94. The molecular weight excluding hydrogens is 170 g/mol. The van der Waals surface area contributed by atoms with Gasteiger partial charge in [-0.2, -0.15) is 11.8 Å². The van der Waals surface area contributed by atoms with E-state index in [1.54, 1.807) is 0 Å². The van der Waals surface area contributed by atoms with Gasteiger partial charge in [0.15, 0.2) is 0 Å². The summed E-state index contributed by atoms with van der Waals surface area (Å²) in [5, 5.41) is 0. The van der Waals surface area contributed by atoms with Crippen LogP contribution in [0.25, 0.3) is 0 Å². The fraction of sp³-hybridized carbons (Fsp3) is 0.333. The summed E-state index contributed by atoms with van der Waals surface area (Å²) in [5.41, 5.74) is 6.33. The molecule has 1 saturated heterocycles. The van der Waals surface area contributed by atoms with E-state index in [0.29, 0.717) is 6.10 Å². The maximum atomic E-state index is 5.63. The monoisotopic (exact) mass is 181 g/mol. The van der Waals surface area contributed by atoms with Gasteiger partial charge in [-0.25, -0.2) is 0 Å². The van der Waals surface area contributed by atoms with Crippen LogP contribution in [0.1, 0.15) is 0 Å². The van der Waals surface area contributed by atoms with Crippen molar-refractivity contribution in [3.8, 4) is 5.75 Å². The molecule has 3 heteroatoms. The molecular formula is C9H11NOS. The second kappa shape index (κ2) is 3.27. The fourth-order valence-corrected chi connectivity index (χ4v) is 1.59. The Bertz CT molecular complexity index is 256. The average Bonchev–Trinajstić information content (AvgIpc) is 2.00. The second-order valence-corrected chi connectivity index (χ2v) is 3.92. The molecule has 64 valence electrons. The Balaban J connectivity index is 1.98. The van der Waals surface area contributed by atoms with E-state index in [1.165, 1.54) is 0 Å². The molecule has 0 radical (unpaired) electrons. The van der Waals surface area contributed by atoms with E-state index in [0.717, 1.165) is 22.9 Å². The van der Waals surface area contributed by atoms with Gasteiger partial charge in [0.1, 0.15) is 11.9 Å². The van der Waals surface area contributed by atoms with Crippen molar-refractivity contribution in [2.24, 2.45) is 0 Å². The first-order valence-corrected chi connectivity index (χ1v) is 5.10. The number of hydrogen-bond acceptors (Lipinski definition) is 3. The Morgan fingerprint density at radius 3 is 2.42 bits per heavy atom. The molecule has 2 nitrogen and oxygen atoms in total. The molecule has 0 aromatic heterocycles. The largest absolute Gasteiger partial charge is 0.489 e. The predicted molar refractivity (Wildman–Crippen MR) is 52.6 cm³/mol. The Kier molecular flexibility index (Phi) is 2.13. The maximum absolute atomic E-state index is 5.63. The summed E-state index contributed by atoms with van der Waals surface area (Å²) in [4.78, 5) is 0. The van der Waals surface area contributed by atoms with E-state index in [9.17, 15) is 0 Å². The van der Waals surface area contributed by atoms with Gasteiger partial charge in [0.05, 0.1) is 0 Å². The lowest BCUT2D eigenvalue weighted by Crippen LogP contribution is -2.30. The quantitative estimate of drug-likeness (QED) is 0.706. The van der Waals surface area contributed by atoms with Gasteiger partial charge < -0.3 is 10.5 Å². The second-order valence-electron chi connectivity index (χ2n) is 2.85. The maximum Gasteiger partial charge on any atom is 0.119 e. The number of thioether (sulfide) groups is 1. The van der Waals surface area contributed by atoms with E-state index < -0.39 is 0 Å². The van der Waals surface area contributed by atoms with Gasteiger partial charge in [-0.05, 0) is 24.3 Å². The lowest BCUT2D eigenvalue weighted by Gasteiger charge is -2.25. The molecule has 1 aromatic rings. The summed E-state index contributed by atoms with van der Waals surface area (Å²) < 4.78 is 5.63. The zero-order chi connectivity index (χ0) is 8.39. The molecule has 0 unspecified atom stereocenters. The van der Waals surface area contributed by atoms with Crippen LogP contribution in [-0.4, -0.2) is 17.6 Å². The average molecular weight is 181 g/mol. The number of hydrogen-bond donors (Lipinski definition) is 1. The molecule has 0 atom stereocenters. The van der Waals surface area contributed by atoms with Crippen molar-refractivity contribution in [2.45, 2.75) is 6.10 Å². The number of nitrogen functional groups attached to an aromatic ring is 1. The van der Waals surface area contributed by atoms with E-state index in [-0.39, 0.29) is 0 Å². The molecule has 0 amide bonds. The Morgan fingerprint density at radius 1 is 1.25 bits per heavy atom. The van der Waals surface area contributed by atoms with Gasteiger partial charge in [0.2, 0.25) is 0 Å². The van der Waals surface area contributed by atoms with Crippen LogP contribution in [0.2, 0.25) is 0 Å². The summed E-state index contributed by atoms with van der Waals surface area (Å²) in [6.45, 7) is 0. The third-order valence-corrected chi connectivity index (χ3v) is 3.01. The molecule has 1 fully saturated rings. The zero-order valence-corrected chi connectivity index (χ0v) is 7.51. The lowest BCUT2D eigenvalue weighted by atomic mass is 10.3. The number of ether oxygens (including phenoxy) is 1. The number of anilines is 1. The van der Waals surface area contributed by atoms with Crippen LogP contribution in [0.5, 0.6) is 5.75 Å². The number of rotatable bonds is 2. The molecule has 2 N–H and O–H groups in total. The molecule has 0 aliphatic carbocycles. The van der Waals surface area contributed by atoms with Crippen LogP contribution >= 0.6 is 11.8 Å². The van der Waals surface area contributed by atoms with Crippen molar-refractivity contribution in [2.75, 3.05) is 17.2 Å². The third-order valence-electron chi connectivity index (χ3n) is 1.79. The van der Waals surface area contributed by atoms with Crippen molar-refractivity contribution in [3.63, 3.8) is 0 Å². The zero-order valence-electron chi connectivity index (χ0n) is 6.69. The first-order chi connectivity index (χ1) is 5.84. The number of nitrogens with two attached hydrogens (primary N) is 1. The molecule has 2 rings (SSSR count). The van der Waals surface area contributed by atoms with Crippen LogP contribution in [0.4, 0.5) is 5.69 Å². The van der Waals surface area contributed by atoms with Gasteiger partial charge >= 0.3 is 0 Å². The fourth-order valence-electron chi connectivity index (χ4n) is 1.02. The van der Waals surface area contributed by atoms with E-state index >= 15 is 0 Å². The smallest absolute Gasteiger partial charge is 0.119 e. The third kappa shape index (κ3) is 1.67. The van der Waals surface area contributed by atoms with Crippen LogP contribution < -0.4 is 10.5 Å².